The van der Waals surface area contributed by atoms with E-state index >= 15 is 0 Å². The van der Waals surface area contributed by atoms with E-state index in [1.54, 1.807) is 24.3 Å². The van der Waals surface area contributed by atoms with Crippen LogP contribution in [0.4, 0.5) is 0 Å². The van der Waals surface area contributed by atoms with Gasteiger partial charge in [-0.15, -0.1) is 0 Å². The molecule has 0 N–H and O–H groups in total. The molecule has 18 heavy (non-hydrogen) atoms. The van der Waals surface area contributed by atoms with Crippen molar-refractivity contribution in [1.82, 2.24) is 4.98 Å². The van der Waals surface area contributed by atoms with Gasteiger partial charge in [-0.3, -0.25) is 4.79 Å². The molecule has 0 unspecified atom stereocenters. The smallest absolute Gasteiger partial charge is 0.223 e. The molecule has 1 aromatic heterocycles. The van der Waals surface area contributed by atoms with Crippen LogP contribution in [-0.4, -0.2) is 11.3 Å². The Kier molecular flexibility index (Phi) is 3.99. The molecule has 0 radical (unpaired) electrons. The van der Waals surface area contributed by atoms with Crippen LogP contribution in [0.25, 0.3) is 0 Å². The van der Waals surface area contributed by atoms with Gasteiger partial charge in [0.25, 0.3) is 0 Å². The molecule has 0 atom stereocenters. The van der Waals surface area contributed by atoms with E-state index < -0.39 is 0 Å². The van der Waals surface area contributed by atoms with Gasteiger partial charge >= 0.3 is 0 Å². The van der Waals surface area contributed by atoms with Crippen molar-refractivity contribution in [2.75, 3.05) is 0 Å². The number of ether oxygens (including phenoxy) is 1. The highest BCUT2D eigenvalue weighted by atomic mass is 79.9. The lowest BCUT2D eigenvalue weighted by Gasteiger charge is -2.08. The summed E-state index contributed by atoms with van der Waals surface area (Å²) in [5, 5.41) is 0.364. The second-order valence-corrected chi connectivity index (χ2v) is 4.90. The fourth-order valence-corrected chi connectivity index (χ4v) is 1.86. The molecule has 0 spiro atoms. The van der Waals surface area contributed by atoms with E-state index in [1.165, 1.54) is 0 Å². The van der Waals surface area contributed by atoms with Crippen LogP contribution in [-0.2, 0) is 0 Å². The van der Waals surface area contributed by atoms with Crippen molar-refractivity contribution in [3.8, 4) is 11.6 Å². The monoisotopic (exact) mass is 325 g/mol. The molecule has 0 bridgehead atoms. The van der Waals surface area contributed by atoms with Crippen molar-refractivity contribution in [2.45, 2.75) is 6.92 Å². The Hall–Kier alpha value is -1.39. The molecule has 0 amide bonds. The molecular formula is C13H9BrClNO2. The summed E-state index contributed by atoms with van der Waals surface area (Å²) in [4.78, 5) is 14.9. The molecule has 3 nitrogen and oxygen atoms in total. The van der Waals surface area contributed by atoms with Gasteiger partial charge < -0.3 is 4.74 Å². The molecule has 5 heteroatoms. The zero-order valence-electron chi connectivity index (χ0n) is 9.48. The van der Waals surface area contributed by atoms with E-state index in [4.69, 9.17) is 16.3 Å². The van der Waals surface area contributed by atoms with E-state index in [-0.39, 0.29) is 0 Å². The minimum absolute atomic E-state index is 0.364. The third-order valence-electron chi connectivity index (χ3n) is 2.33. The summed E-state index contributed by atoms with van der Waals surface area (Å²) in [7, 11) is 0. The summed E-state index contributed by atoms with van der Waals surface area (Å²) < 4.78 is 6.33. The van der Waals surface area contributed by atoms with Gasteiger partial charge in [-0.2, -0.15) is 0 Å². The highest BCUT2D eigenvalue weighted by Gasteiger charge is 2.06. The van der Waals surface area contributed by atoms with Gasteiger partial charge in [-0.25, -0.2) is 4.98 Å². The lowest BCUT2D eigenvalue weighted by atomic mass is 10.2. The van der Waals surface area contributed by atoms with Gasteiger partial charge in [0.2, 0.25) is 5.88 Å². The lowest BCUT2D eigenvalue weighted by Crippen LogP contribution is -1.93. The first-order valence-corrected chi connectivity index (χ1v) is 6.33. The predicted molar refractivity (Wildman–Crippen MR) is 73.6 cm³/mol. The second-order valence-electron chi connectivity index (χ2n) is 3.66. The summed E-state index contributed by atoms with van der Waals surface area (Å²) in [5.74, 6) is 0.972. The summed E-state index contributed by atoms with van der Waals surface area (Å²) in [6.45, 7) is 1.87. The highest BCUT2D eigenvalue weighted by Crippen LogP contribution is 2.27. The van der Waals surface area contributed by atoms with Crippen LogP contribution in [0.2, 0.25) is 5.15 Å². The van der Waals surface area contributed by atoms with Gasteiger partial charge in [0, 0.05) is 15.6 Å². The van der Waals surface area contributed by atoms with E-state index in [2.05, 4.69) is 20.9 Å². The Morgan fingerprint density at radius 2 is 2.11 bits per heavy atom. The van der Waals surface area contributed by atoms with Crippen LogP contribution < -0.4 is 4.74 Å². The number of carbonyl (C=O) groups excluding carboxylic acids is 1. The van der Waals surface area contributed by atoms with Crippen molar-refractivity contribution in [2.24, 2.45) is 0 Å². The molecule has 0 aliphatic rings. The van der Waals surface area contributed by atoms with Gasteiger partial charge in [-0.05, 0) is 31.2 Å². The first kappa shape index (κ1) is 13.1. The maximum absolute atomic E-state index is 10.8. The van der Waals surface area contributed by atoms with Crippen LogP contribution in [0.3, 0.4) is 0 Å². The minimum atomic E-state index is 0.364. The maximum atomic E-state index is 10.8. The first-order valence-electron chi connectivity index (χ1n) is 5.16. The van der Waals surface area contributed by atoms with Crippen LogP contribution in [0.1, 0.15) is 15.9 Å². The number of hydrogen-bond acceptors (Lipinski definition) is 3. The SMILES string of the molecule is Cc1ccc(Cl)nc1Oc1ccc(Br)c(C=O)c1. The average Bonchev–Trinajstić information content (AvgIpc) is 2.36. The number of benzene rings is 1. The van der Waals surface area contributed by atoms with Crippen molar-refractivity contribution < 1.29 is 9.53 Å². The zero-order valence-corrected chi connectivity index (χ0v) is 11.8. The van der Waals surface area contributed by atoms with Gasteiger partial charge in [0.05, 0.1) is 0 Å². The molecule has 92 valence electrons. The lowest BCUT2D eigenvalue weighted by molar-refractivity contribution is 0.112. The average molecular weight is 327 g/mol. The summed E-state index contributed by atoms with van der Waals surface area (Å²) in [6.07, 6.45) is 0.759. The van der Waals surface area contributed by atoms with E-state index in [0.29, 0.717) is 22.3 Å². The number of nitrogens with zero attached hydrogens (tertiary/aromatic N) is 1. The minimum Gasteiger partial charge on any atom is -0.439 e. The Morgan fingerprint density at radius 1 is 1.33 bits per heavy atom. The highest BCUT2D eigenvalue weighted by molar-refractivity contribution is 9.10. The van der Waals surface area contributed by atoms with E-state index in [9.17, 15) is 4.79 Å². The standard InChI is InChI=1S/C13H9BrClNO2/c1-8-2-5-12(15)16-13(8)18-10-3-4-11(14)9(6-10)7-17/h2-7H,1H3. The molecule has 0 aliphatic carbocycles. The zero-order chi connectivity index (χ0) is 13.1. The molecule has 2 rings (SSSR count). The van der Waals surface area contributed by atoms with Crippen molar-refractivity contribution in [3.63, 3.8) is 0 Å². The summed E-state index contributed by atoms with van der Waals surface area (Å²) in [6, 6.07) is 8.66. The Bertz CT molecular complexity index is 602. The third-order valence-corrected chi connectivity index (χ3v) is 3.26. The Morgan fingerprint density at radius 3 is 2.83 bits per heavy atom. The Labute approximate surface area is 118 Å². The number of aldehydes is 1. The number of pyridine rings is 1. The van der Waals surface area contributed by atoms with Crippen molar-refractivity contribution in [3.05, 3.63) is 51.1 Å². The van der Waals surface area contributed by atoms with Crippen LogP contribution in [0.15, 0.2) is 34.8 Å². The number of aryl methyl sites for hydroxylation is 1. The van der Waals surface area contributed by atoms with Crippen LogP contribution in [0.5, 0.6) is 11.6 Å². The number of aromatic nitrogens is 1. The van der Waals surface area contributed by atoms with E-state index in [0.717, 1.165) is 16.3 Å². The summed E-state index contributed by atoms with van der Waals surface area (Å²) >= 11 is 9.09. The quantitative estimate of drug-likeness (QED) is 0.619. The summed E-state index contributed by atoms with van der Waals surface area (Å²) in [5.41, 5.74) is 1.39. The van der Waals surface area contributed by atoms with Crippen molar-refractivity contribution in [1.29, 1.82) is 0 Å². The normalized spacial score (nSPS) is 10.2. The largest absolute Gasteiger partial charge is 0.439 e. The fraction of sp³-hybridized carbons (Fsp3) is 0.0769. The number of halogens is 2. The number of hydrogen-bond donors (Lipinski definition) is 0. The molecule has 0 aliphatic heterocycles. The van der Waals surface area contributed by atoms with Crippen LogP contribution in [0, 0.1) is 6.92 Å². The molecule has 1 heterocycles. The molecular weight excluding hydrogens is 318 g/mol. The first-order chi connectivity index (χ1) is 8.60. The molecule has 1 aromatic carbocycles. The predicted octanol–water partition coefficient (Wildman–Crippen LogP) is 4.41. The van der Waals surface area contributed by atoms with Crippen molar-refractivity contribution >= 4 is 33.8 Å². The fourth-order valence-electron chi connectivity index (χ4n) is 1.38. The molecule has 2 aromatic rings. The van der Waals surface area contributed by atoms with Crippen LogP contribution >= 0.6 is 27.5 Å². The van der Waals surface area contributed by atoms with E-state index in [1.807, 2.05) is 13.0 Å². The Balaban J connectivity index is 2.34. The van der Waals surface area contributed by atoms with Gasteiger partial charge in [0.15, 0.2) is 6.29 Å². The molecule has 0 saturated heterocycles. The molecule has 0 fully saturated rings. The maximum Gasteiger partial charge on any atom is 0.223 e. The van der Waals surface area contributed by atoms with Gasteiger partial charge in [-0.1, -0.05) is 33.6 Å². The van der Waals surface area contributed by atoms with Gasteiger partial charge in [0.1, 0.15) is 10.9 Å². The topological polar surface area (TPSA) is 39.2 Å². The second kappa shape index (κ2) is 5.50. The third kappa shape index (κ3) is 2.89. The number of rotatable bonds is 3. The molecule has 0 saturated carbocycles. The number of carbonyl (C=O) groups is 1.